The maximum absolute atomic E-state index is 12.0. The molecule has 4 nitrogen and oxygen atoms in total. The predicted octanol–water partition coefficient (Wildman–Crippen LogP) is 7.54. The summed E-state index contributed by atoms with van der Waals surface area (Å²) in [6, 6.07) is 34.7. The van der Waals surface area contributed by atoms with Crippen LogP contribution in [0.4, 0.5) is 0 Å². The highest BCUT2D eigenvalue weighted by Gasteiger charge is 2.07. The van der Waals surface area contributed by atoms with Crippen LogP contribution in [0.3, 0.4) is 0 Å². The van der Waals surface area contributed by atoms with E-state index in [1.54, 1.807) is 0 Å². The summed E-state index contributed by atoms with van der Waals surface area (Å²) in [5.41, 5.74) is 3.38. The molecule has 0 radical (unpaired) electrons. The molecule has 36 heavy (non-hydrogen) atoms. The highest BCUT2D eigenvalue weighted by atomic mass is 16.4. The third-order valence-electron chi connectivity index (χ3n) is 5.95. The van der Waals surface area contributed by atoms with Gasteiger partial charge in [-0.1, -0.05) is 96.1 Å². The van der Waals surface area contributed by atoms with Gasteiger partial charge in [-0.2, -0.15) is 0 Å². The summed E-state index contributed by atoms with van der Waals surface area (Å²) in [5, 5.41) is 3.09. The summed E-state index contributed by atoms with van der Waals surface area (Å²) in [4.78, 5) is 23.9. The number of aryl methyl sites for hydroxylation is 2. The lowest BCUT2D eigenvalue weighted by Gasteiger charge is -2.03. The predicted molar refractivity (Wildman–Crippen MR) is 145 cm³/mol. The maximum Gasteiger partial charge on any atom is 0.344 e. The summed E-state index contributed by atoms with van der Waals surface area (Å²) in [5.74, 6) is 1.22. The van der Waals surface area contributed by atoms with E-state index in [2.05, 4.69) is 0 Å². The van der Waals surface area contributed by atoms with E-state index in [0.29, 0.717) is 22.3 Å². The Morgan fingerprint density at radius 1 is 0.472 bits per heavy atom. The molecule has 6 aromatic rings. The van der Waals surface area contributed by atoms with Crippen LogP contribution in [-0.2, 0) is 0 Å². The third-order valence-corrected chi connectivity index (χ3v) is 5.95. The summed E-state index contributed by atoms with van der Waals surface area (Å²) >= 11 is 0. The summed E-state index contributed by atoms with van der Waals surface area (Å²) < 4.78 is 10.8. The maximum atomic E-state index is 12.0. The number of fused-ring (bicyclic) bond motifs is 2. The Kier molecular flexibility index (Phi) is 6.33. The Hall–Kier alpha value is -4.70. The van der Waals surface area contributed by atoms with Crippen molar-refractivity contribution in [2.45, 2.75) is 13.8 Å². The minimum Gasteiger partial charge on any atom is -0.422 e. The van der Waals surface area contributed by atoms with Gasteiger partial charge < -0.3 is 8.83 Å². The molecule has 0 spiro atoms. The molecule has 0 atom stereocenters. The van der Waals surface area contributed by atoms with Crippen molar-refractivity contribution in [2.24, 2.45) is 0 Å². The van der Waals surface area contributed by atoms with E-state index in [0.717, 1.165) is 33.0 Å². The van der Waals surface area contributed by atoms with E-state index in [1.165, 1.54) is 0 Å². The molecule has 4 aromatic carbocycles. The van der Waals surface area contributed by atoms with Crippen LogP contribution < -0.4 is 11.3 Å². The normalized spacial score (nSPS) is 10.7. The van der Waals surface area contributed by atoms with Crippen molar-refractivity contribution in [1.29, 1.82) is 0 Å². The van der Waals surface area contributed by atoms with Gasteiger partial charge in [-0.3, -0.25) is 0 Å². The Balaban J connectivity index is 0.000000148. The molecule has 0 fully saturated rings. The van der Waals surface area contributed by atoms with Crippen LogP contribution >= 0.6 is 0 Å². The monoisotopic (exact) mass is 472 g/mol. The minimum atomic E-state index is -0.282. The molecule has 0 bridgehead atoms. The molecule has 2 heterocycles. The van der Waals surface area contributed by atoms with E-state index in [1.807, 2.05) is 123 Å². The van der Waals surface area contributed by atoms with Gasteiger partial charge in [0.05, 0.1) is 10.8 Å². The fourth-order valence-corrected chi connectivity index (χ4v) is 4.09. The van der Waals surface area contributed by atoms with Gasteiger partial charge in [0.2, 0.25) is 0 Å². The fourth-order valence-electron chi connectivity index (χ4n) is 4.09. The van der Waals surface area contributed by atoms with Crippen molar-refractivity contribution in [3.63, 3.8) is 0 Å². The van der Waals surface area contributed by atoms with Crippen LogP contribution in [0.25, 0.3) is 44.2 Å². The van der Waals surface area contributed by atoms with E-state index in [-0.39, 0.29) is 11.3 Å². The molecule has 0 saturated heterocycles. The van der Waals surface area contributed by atoms with E-state index in [4.69, 9.17) is 8.83 Å². The second kappa shape index (κ2) is 9.88. The molecule has 2 aromatic heterocycles. The van der Waals surface area contributed by atoms with Crippen molar-refractivity contribution in [3.8, 4) is 22.6 Å². The quantitative estimate of drug-likeness (QED) is 0.261. The Morgan fingerprint density at radius 2 is 0.861 bits per heavy atom. The molecule has 0 amide bonds. The standard InChI is InChI=1S/2C16H12O2/c2*1-11-7-8-13-10-15(12-5-3-2-4-6-12)18-16(17)14(13)9-11/h2*2-10H,1H3. The molecule has 6 rings (SSSR count). The lowest BCUT2D eigenvalue weighted by Crippen LogP contribution is -2.00. The van der Waals surface area contributed by atoms with Crippen molar-refractivity contribution in [1.82, 2.24) is 0 Å². The van der Waals surface area contributed by atoms with Crippen LogP contribution in [0.5, 0.6) is 0 Å². The van der Waals surface area contributed by atoms with Crippen LogP contribution in [-0.4, -0.2) is 0 Å². The Bertz CT molecular complexity index is 1640. The Labute approximate surface area is 208 Å². The first kappa shape index (κ1) is 23.1. The minimum absolute atomic E-state index is 0.282. The summed E-state index contributed by atoms with van der Waals surface area (Å²) in [7, 11) is 0. The topological polar surface area (TPSA) is 60.4 Å². The van der Waals surface area contributed by atoms with Gasteiger partial charge >= 0.3 is 11.3 Å². The SMILES string of the molecule is Cc1ccc2cc(-c3ccccc3)oc(=O)c2c1.Cc1ccc2cc(-c3ccccc3)oc(=O)c2c1. The molecule has 0 aliphatic carbocycles. The molecular formula is C32H24O4. The van der Waals surface area contributed by atoms with Crippen molar-refractivity contribution in [2.75, 3.05) is 0 Å². The molecular weight excluding hydrogens is 448 g/mol. The van der Waals surface area contributed by atoms with Crippen LogP contribution in [0, 0.1) is 13.8 Å². The molecule has 0 unspecified atom stereocenters. The molecule has 0 saturated carbocycles. The van der Waals surface area contributed by atoms with Crippen LogP contribution in [0.15, 0.2) is 128 Å². The van der Waals surface area contributed by atoms with Crippen LogP contribution in [0.2, 0.25) is 0 Å². The lowest BCUT2D eigenvalue weighted by atomic mass is 10.1. The van der Waals surface area contributed by atoms with E-state index >= 15 is 0 Å². The highest BCUT2D eigenvalue weighted by molar-refractivity contribution is 5.85. The van der Waals surface area contributed by atoms with Gasteiger partial charge in [0, 0.05) is 11.1 Å². The third kappa shape index (κ3) is 4.89. The summed E-state index contributed by atoms with van der Waals surface area (Å²) in [6.45, 7) is 3.92. The molecule has 0 N–H and O–H groups in total. The van der Waals surface area contributed by atoms with Crippen molar-refractivity contribution in [3.05, 3.63) is 141 Å². The molecule has 4 heteroatoms. The number of hydrogen-bond donors (Lipinski definition) is 0. The van der Waals surface area contributed by atoms with Gasteiger partial charge in [-0.25, -0.2) is 9.59 Å². The second-order valence-electron chi connectivity index (χ2n) is 8.71. The largest absolute Gasteiger partial charge is 0.422 e. The zero-order valence-corrected chi connectivity index (χ0v) is 20.0. The molecule has 0 aliphatic rings. The van der Waals surface area contributed by atoms with Crippen molar-refractivity contribution >= 4 is 21.5 Å². The van der Waals surface area contributed by atoms with Gasteiger partial charge in [-0.15, -0.1) is 0 Å². The van der Waals surface area contributed by atoms with Gasteiger partial charge in [0.1, 0.15) is 11.5 Å². The fraction of sp³-hybridized carbons (Fsp3) is 0.0625. The Morgan fingerprint density at radius 3 is 1.25 bits per heavy atom. The van der Waals surface area contributed by atoms with Crippen molar-refractivity contribution < 1.29 is 8.83 Å². The first-order valence-electron chi connectivity index (χ1n) is 11.7. The first-order valence-corrected chi connectivity index (χ1v) is 11.7. The first-order chi connectivity index (χ1) is 17.5. The summed E-state index contributed by atoms with van der Waals surface area (Å²) in [6.07, 6.45) is 0. The van der Waals surface area contributed by atoms with E-state index < -0.39 is 0 Å². The van der Waals surface area contributed by atoms with Gasteiger partial charge in [0.15, 0.2) is 0 Å². The molecule has 176 valence electrons. The lowest BCUT2D eigenvalue weighted by molar-refractivity contribution is 0.534. The smallest absolute Gasteiger partial charge is 0.344 e. The van der Waals surface area contributed by atoms with Gasteiger partial charge in [0.25, 0.3) is 0 Å². The highest BCUT2D eigenvalue weighted by Crippen LogP contribution is 2.23. The van der Waals surface area contributed by atoms with Crippen LogP contribution in [0.1, 0.15) is 11.1 Å². The molecule has 0 aliphatic heterocycles. The second-order valence-corrected chi connectivity index (χ2v) is 8.71. The number of benzene rings is 4. The number of hydrogen-bond acceptors (Lipinski definition) is 4. The average Bonchev–Trinajstić information content (AvgIpc) is 2.91. The zero-order valence-electron chi connectivity index (χ0n) is 20.0. The van der Waals surface area contributed by atoms with E-state index in [9.17, 15) is 9.59 Å². The van der Waals surface area contributed by atoms with Gasteiger partial charge in [-0.05, 0) is 48.9 Å². The average molecular weight is 473 g/mol. The number of rotatable bonds is 2. The zero-order chi connectivity index (χ0) is 25.1.